The molecule has 3 aromatic carbocycles. The number of carboxylic acid groups (broad SMARTS) is 3. The lowest BCUT2D eigenvalue weighted by molar-refractivity contribution is -0.173. The smallest absolute Gasteiger partial charge is 0.337 e. The van der Waals surface area contributed by atoms with Gasteiger partial charge in [-0.1, -0.05) is 54.6 Å². The van der Waals surface area contributed by atoms with E-state index in [2.05, 4.69) is 0 Å². The van der Waals surface area contributed by atoms with Gasteiger partial charge in [0.15, 0.2) is 5.60 Å². The molecule has 0 bridgehead atoms. The van der Waals surface area contributed by atoms with Crippen LogP contribution in [0.25, 0.3) is 21.5 Å². The highest BCUT2D eigenvalue weighted by atomic mass is 16.4. The molecule has 0 spiro atoms. The normalized spacial score (nSPS) is 14.6. The highest BCUT2D eigenvalue weighted by Gasteiger charge is 2.51. The first kappa shape index (κ1) is 18.3. The Morgan fingerprint density at radius 2 is 1.48 bits per heavy atom. The summed E-state index contributed by atoms with van der Waals surface area (Å²) in [6.45, 7) is 0. The van der Waals surface area contributed by atoms with Crippen LogP contribution >= 0.6 is 0 Å². The van der Waals surface area contributed by atoms with Crippen molar-refractivity contribution in [1.82, 2.24) is 0 Å². The fourth-order valence-electron chi connectivity index (χ4n) is 3.44. The van der Waals surface area contributed by atoms with Crippen molar-refractivity contribution in [3.8, 4) is 0 Å². The van der Waals surface area contributed by atoms with E-state index in [9.17, 15) is 29.7 Å². The second-order valence-corrected chi connectivity index (χ2v) is 6.30. The van der Waals surface area contributed by atoms with Crippen molar-refractivity contribution < 1.29 is 34.8 Å². The summed E-state index contributed by atoms with van der Waals surface area (Å²) in [7, 11) is 0. The molecule has 0 saturated heterocycles. The predicted octanol–water partition coefficient (Wildman–Crippen LogP) is 2.45. The second-order valence-electron chi connectivity index (χ2n) is 6.30. The van der Waals surface area contributed by atoms with Crippen molar-refractivity contribution in [2.24, 2.45) is 0 Å². The summed E-state index contributed by atoms with van der Waals surface area (Å²) in [5.41, 5.74) is -2.96. The van der Waals surface area contributed by atoms with Crippen LogP contribution in [0.3, 0.4) is 0 Å². The van der Waals surface area contributed by atoms with E-state index in [4.69, 9.17) is 5.11 Å². The van der Waals surface area contributed by atoms with Gasteiger partial charge in [0.1, 0.15) is 5.92 Å². The van der Waals surface area contributed by atoms with Crippen molar-refractivity contribution >= 4 is 39.5 Å². The predicted molar refractivity (Wildman–Crippen MR) is 96.7 cm³/mol. The third-order valence-electron chi connectivity index (χ3n) is 4.65. The molecule has 0 aromatic heterocycles. The summed E-state index contributed by atoms with van der Waals surface area (Å²) in [6, 6.07) is 15.5. The molecule has 0 amide bonds. The summed E-state index contributed by atoms with van der Waals surface area (Å²) < 4.78 is 0. The maximum absolute atomic E-state index is 11.9. The van der Waals surface area contributed by atoms with Gasteiger partial charge >= 0.3 is 17.9 Å². The summed E-state index contributed by atoms with van der Waals surface area (Å²) in [4.78, 5) is 34.7. The van der Waals surface area contributed by atoms with Crippen molar-refractivity contribution in [3.05, 3.63) is 60.2 Å². The number of rotatable bonds is 6. The van der Waals surface area contributed by atoms with Gasteiger partial charge in [-0.3, -0.25) is 9.59 Å². The summed E-state index contributed by atoms with van der Waals surface area (Å²) in [5, 5.41) is 41.5. The Hall–Kier alpha value is -3.45. The molecule has 7 heteroatoms. The fraction of sp³-hybridized carbons (Fsp3) is 0.150. The van der Waals surface area contributed by atoms with Crippen LogP contribution in [0.1, 0.15) is 17.9 Å². The van der Waals surface area contributed by atoms with Gasteiger partial charge in [0.25, 0.3) is 0 Å². The van der Waals surface area contributed by atoms with E-state index in [-0.39, 0.29) is 5.56 Å². The first-order valence-electron chi connectivity index (χ1n) is 8.06. The maximum Gasteiger partial charge on any atom is 0.337 e. The Balaban J connectivity index is 2.32. The SMILES string of the molecule is O=C(O)CC(O)(C(=O)O)C(C(=O)O)c1cccc2c1ccc1ccccc12. The average Bonchev–Trinajstić information content (AvgIpc) is 2.60. The van der Waals surface area contributed by atoms with Crippen LogP contribution in [0.4, 0.5) is 0 Å². The minimum absolute atomic E-state index is 0.0388. The lowest BCUT2D eigenvalue weighted by Gasteiger charge is -2.29. The number of hydrogen-bond donors (Lipinski definition) is 4. The lowest BCUT2D eigenvalue weighted by atomic mass is 9.77. The molecule has 2 unspecified atom stereocenters. The number of carbonyl (C=O) groups is 3. The van der Waals surface area contributed by atoms with Crippen molar-refractivity contribution in [2.45, 2.75) is 17.9 Å². The Morgan fingerprint density at radius 3 is 2.11 bits per heavy atom. The number of aliphatic carboxylic acids is 3. The van der Waals surface area contributed by atoms with Crippen LogP contribution in [0.5, 0.6) is 0 Å². The minimum Gasteiger partial charge on any atom is -0.481 e. The molecule has 3 rings (SSSR count). The van der Waals surface area contributed by atoms with Crippen LogP contribution in [0.15, 0.2) is 54.6 Å². The van der Waals surface area contributed by atoms with E-state index >= 15 is 0 Å². The van der Waals surface area contributed by atoms with Crippen LogP contribution in [-0.2, 0) is 14.4 Å². The Bertz CT molecular complexity index is 1070. The van der Waals surface area contributed by atoms with E-state index in [0.29, 0.717) is 10.8 Å². The molecule has 0 aliphatic carbocycles. The quantitative estimate of drug-likeness (QED) is 0.491. The molecule has 0 heterocycles. The fourth-order valence-corrected chi connectivity index (χ4v) is 3.44. The van der Waals surface area contributed by atoms with Crippen molar-refractivity contribution in [3.63, 3.8) is 0 Å². The maximum atomic E-state index is 11.9. The molecule has 0 radical (unpaired) electrons. The molecule has 0 fully saturated rings. The topological polar surface area (TPSA) is 132 Å². The van der Waals surface area contributed by atoms with Gasteiger partial charge in [-0.25, -0.2) is 4.79 Å². The van der Waals surface area contributed by atoms with E-state index in [1.165, 1.54) is 6.07 Å². The first-order valence-corrected chi connectivity index (χ1v) is 8.06. The van der Waals surface area contributed by atoms with E-state index in [1.54, 1.807) is 24.3 Å². The van der Waals surface area contributed by atoms with Gasteiger partial charge in [0.2, 0.25) is 0 Å². The Morgan fingerprint density at radius 1 is 0.815 bits per heavy atom. The third-order valence-corrected chi connectivity index (χ3v) is 4.65. The highest BCUT2D eigenvalue weighted by molar-refractivity contribution is 6.09. The van der Waals surface area contributed by atoms with Gasteiger partial charge in [-0.15, -0.1) is 0 Å². The van der Waals surface area contributed by atoms with Gasteiger partial charge < -0.3 is 20.4 Å². The zero-order valence-corrected chi connectivity index (χ0v) is 14.0. The molecule has 7 nitrogen and oxygen atoms in total. The van der Waals surface area contributed by atoms with E-state index < -0.39 is 35.8 Å². The summed E-state index contributed by atoms with van der Waals surface area (Å²) in [5.74, 6) is -7.11. The highest BCUT2D eigenvalue weighted by Crippen LogP contribution is 2.38. The van der Waals surface area contributed by atoms with E-state index in [1.807, 2.05) is 24.3 Å². The van der Waals surface area contributed by atoms with Crippen LogP contribution in [0.2, 0.25) is 0 Å². The molecule has 0 aliphatic heterocycles. The second kappa shape index (κ2) is 6.69. The number of aliphatic hydroxyl groups is 1. The van der Waals surface area contributed by atoms with E-state index in [0.717, 1.165) is 10.8 Å². The van der Waals surface area contributed by atoms with Gasteiger partial charge in [0, 0.05) is 0 Å². The molecule has 3 aromatic rings. The summed E-state index contributed by atoms with van der Waals surface area (Å²) in [6.07, 6.45) is -1.25. The Kier molecular flexibility index (Phi) is 4.55. The zero-order valence-electron chi connectivity index (χ0n) is 14.0. The molecule has 2 atom stereocenters. The standard InChI is InChI=1S/C20H16O7/c21-16(22)10-20(27,19(25)26)17(18(23)24)15-7-3-6-13-12-5-2-1-4-11(12)8-9-14(13)15/h1-9,17,27H,10H2,(H,21,22)(H,23,24)(H,25,26). The first-order chi connectivity index (χ1) is 12.8. The molecule has 4 N–H and O–H groups in total. The zero-order chi connectivity index (χ0) is 19.8. The molecule has 0 saturated carbocycles. The number of carboxylic acids is 3. The number of hydrogen-bond acceptors (Lipinski definition) is 4. The van der Waals surface area contributed by atoms with Gasteiger partial charge in [0.05, 0.1) is 6.42 Å². The van der Waals surface area contributed by atoms with Gasteiger partial charge in [-0.2, -0.15) is 0 Å². The third kappa shape index (κ3) is 3.09. The number of benzene rings is 3. The number of fused-ring (bicyclic) bond motifs is 3. The van der Waals surface area contributed by atoms with Gasteiger partial charge in [-0.05, 0) is 27.1 Å². The van der Waals surface area contributed by atoms with Crippen LogP contribution < -0.4 is 0 Å². The molecule has 138 valence electrons. The molecule has 27 heavy (non-hydrogen) atoms. The largest absolute Gasteiger partial charge is 0.481 e. The summed E-state index contributed by atoms with van der Waals surface area (Å²) >= 11 is 0. The Labute approximate surface area is 153 Å². The van der Waals surface area contributed by atoms with Crippen LogP contribution in [0, 0.1) is 0 Å². The van der Waals surface area contributed by atoms with Crippen molar-refractivity contribution in [1.29, 1.82) is 0 Å². The average molecular weight is 368 g/mol. The monoisotopic (exact) mass is 368 g/mol. The van der Waals surface area contributed by atoms with Crippen LogP contribution in [-0.4, -0.2) is 43.9 Å². The lowest BCUT2D eigenvalue weighted by Crippen LogP contribution is -2.49. The van der Waals surface area contributed by atoms with Crippen molar-refractivity contribution in [2.75, 3.05) is 0 Å². The molecular formula is C20H16O7. The molecule has 0 aliphatic rings. The molecular weight excluding hydrogens is 352 g/mol. The minimum atomic E-state index is -3.00.